The molecular formula is C25H21FN2O2. The third-order valence-corrected chi connectivity index (χ3v) is 5.29. The molecule has 1 heterocycles. The predicted molar refractivity (Wildman–Crippen MR) is 117 cm³/mol. The normalized spacial score (nSPS) is 13.9. The predicted octanol–water partition coefficient (Wildman–Crippen LogP) is 5.15. The van der Waals surface area contributed by atoms with Crippen molar-refractivity contribution in [3.8, 4) is 0 Å². The fourth-order valence-electron chi connectivity index (χ4n) is 3.42. The molecular weight excluding hydrogens is 379 g/mol. The van der Waals surface area contributed by atoms with Gasteiger partial charge in [0.15, 0.2) is 0 Å². The molecule has 0 saturated heterocycles. The lowest BCUT2D eigenvalue weighted by Gasteiger charge is -2.16. The number of nitrogens with one attached hydrogen (secondary N) is 1. The second-order valence-electron chi connectivity index (χ2n) is 7.46. The number of halogens is 1. The number of anilines is 2. The number of imide groups is 1. The minimum atomic E-state index is -0.443. The van der Waals surface area contributed by atoms with Gasteiger partial charge in [-0.1, -0.05) is 35.9 Å². The summed E-state index contributed by atoms with van der Waals surface area (Å²) in [5.41, 5.74) is 5.30. The Morgan fingerprint density at radius 2 is 1.43 bits per heavy atom. The van der Waals surface area contributed by atoms with Gasteiger partial charge in [0, 0.05) is 5.69 Å². The van der Waals surface area contributed by atoms with Gasteiger partial charge in [0.25, 0.3) is 11.8 Å². The van der Waals surface area contributed by atoms with Crippen LogP contribution in [0.1, 0.15) is 22.3 Å². The first-order valence-corrected chi connectivity index (χ1v) is 9.65. The molecule has 4 nitrogen and oxygen atoms in total. The summed E-state index contributed by atoms with van der Waals surface area (Å²) < 4.78 is 13.5. The van der Waals surface area contributed by atoms with Crippen LogP contribution >= 0.6 is 0 Å². The molecule has 30 heavy (non-hydrogen) atoms. The Hall–Kier alpha value is -3.73. The number of rotatable bonds is 4. The van der Waals surface area contributed by atoms with Gasteiger partial charge in [0.1, 0.15) is 11.5 Å². The largest absolute Gasteiger partial charge is 0.350 e. The van der Waals surface area contributed by atoms with Crippen molar-refractivity contribution in [3.05, 3.63) is 100 Å². The summed E-state index contributed by atoms with van der Waals surface area (Å²) in [6, 6.07) is 18.5. The van der Waals surface area contributed by atoms with Crippen LogP contribution in [0.2, 0.25) is 0 Å². The van der Waals surface area contributed by atoms with Crippen LogP contribution in [0.4, 0.5) is 15.8 Å². The summed E-state index contributed by atoms with van der Waals surface area (Å²) in [4.78, 5) is 27.8. The zero-order chi connectivity index (χ0) is 21.4. The summed E-state index contributed by atoms with van der Waals surface area (Å²) in [6.07, 6.45) is 0. The van der Waals surface area contributed by atoms with Crippen molar-refractivity contribution in [1.29, 1.82) is 0 Å². The maximum Gasteiger partial charge on any atom is 0.282 e. The van der Waals surface area contributed by atoms with Crippen molar-refractivity contribution in [3.63, 3.8) is 0 Å². The summed E-state index contributed by atoms with van der Waals surface area (Å²) in [6.45, 7) is 5.92. The number of aryl methyl sites for hydroxylation is 3. The number of hydrogen-bond donors (Lipinski definition) is 1. The number of nitrogens with zero attached hydrogens (tertiary/aromatic N) is 1. The number of benzene rings is 3. The maximum atomic E-state index is 13.5. The van der Waals surface area contributed by atoms with Crippen LogP contribution in [0, 0.1) is 26.6 Å². The number of hydrogen-bond acceptors (Lipinski definition) is 3. The Morgan fingerprint density at radius 1 is 0.767 bits per heavy atom. The zero-order valence-corrected chi connectivity index (χ0v) is 17.0. The molecule has 5 heteroatoms. The average Bonchev–Trinajstić information content (AvgIpc) is 2.96. The lowest BCUT2D eigenvalue weighted by Crippen LogP contribution is -2.32. The molecule has 0 atom stereocenters. The van der Waals surface area contributed by atoms with Crippen LogP contribution in [0.3, 0.4) is 0 Å². The van der Waals surface area contributed by atoms with E-state index in [9.17, 15) is 14.0 Å². The molecule has 0 unspecified atom stereocenters. The monoisotopic (exact) mass is 400 g/mol. The highest BCUT2D eigenvalue weighted by atomic mass is 19.1. The molecule has 150 valence electrons. The first-order valence-electron chi connectivity index (χ1n) is 9.65. The minimum absolute atomic E-state index is 0.176. The van der Waals surface area contributed by atoms with Gasteiger partial charge in [-0.05, 0) is 73.9 Å². The standard InChI is InChI=1S/C25H21FN2O2/c1-15-4-12-21(13-5-15)28-24(29)22(18-7-9-19(26)10-8-18)23(25(28)30)27-20-11-6-16(2)17(3)14-20/h4-14,27H,1-3H3. The molecule has 0 aromatic heterocycles. The van der Waals surface area contributed by atoms with Crippen LogP contribution < -0.4 is 10.2 Å². The van der Waals surface area contributed by atoms with Gasteiger partial charge in [-0.25, -0.2) is 9.29 Å². The summed E-state index contributed by atoms with van der Waals surface area (Å²) in [7, 11) is 0. The number of amides is 2. The lowest BCUT2D eigenvalue weighted by molar-refractivity contribution is -0.120. The summed E-state index contributed by atoms with van der Waals surface area (Å²) in [5, 5.41) is 3.14. The van der Waals surface area contributed by atoms with Crippen LogP contribution in [0.5, 0.6) is 0 Å². The SMILES string of the molecule is Cc1ccc(N2C(=O)C(Nc3ccc(C)c(C)c3)=C(c3ccc(F)cc3)C2=O)cc1. The van der Waals surface area contributed by atoms with Gasteiger partial charge >= 0.3 is 0 Å². The van der Waals surface area contributed by atoms with Crippen molar-refractivity contribution in [2.45, 2.75) is 20.8 Å². The van der Waals surface area contributed by atoms with Crippen LogP contribution in [-0.4, -0.2) is 11.8 Å². The van der Waals surface area contributed by atoms with Gasteiger partial charge < -0.3 is 5.32 Å². The quantitative estimate of drug-likeness (QED) is 0.617. The van der Waals surface area contributed by atoms with Crippen LogP contribution in [-0.2, 0) is 9.59 Å². The van der Waals surface area contributed by atoms with E-state index < -0.39 is 17.6 Å². The van der Waals surface area contributed by atoms with Crippen molar-refractivity contribution in [2.24, 2.45) is 0 Å². The molecule has 3 aromatic carbocycles. The fraction of sp³-hybridized carbons (Fsp3) is 0.120. The molecule has 0 radical (unpaired) electrons. The summed E-state index contributed by atoms with van der Waals surface area (Å²) in [5.74, 6) is -1.29. The van der Waals surface area contributed by atoms with E-state index in [2.05, 4.69) is 5.32 Å². The van der Waals surface area contributed by atoms with E-state index in [-0.39, 0.29) is 11.3 Å². The van der Waals surface area contributed by atoms with E-state index in [4.69, 9.17) is 0 Å². The molecule has 1 N–H and O–H groups in total. The topological polar surface area (TPSA) is 49.4 Å². The van der Waals surface area contributed by atoms with Crippen LogP contribution in [0.25, 0.3) is 5.57 Å². The van der Waals surface area contributed by atoms with Crippen molar-refractivity contribution >= 4 is 28.8 Å². The number of carbonyl (C=O) groups excluding carboxylic acids is 2. The Labute approximate surface area is 174 Å². The highest BCUT2D eigenvalue weighted by molar-refractivity contribution is 6.46. The average molecular weight is 400 g/mol. The molecule has 0 aliphatic carbocycles. The molecule has 1 aliphatic rings. The molecule has 1 aliphatic heterocycles. The van der Waals surface area contributed by atoms with E-state index in [0.717, 1.165) is 21.6 Å². The maximum absolute atomic E-state index is 13.5. The zero-order valence-electron chi connectivity index (χ0n) is 17.0. The van der Waals surface area contributed by atoms with E-state index in [1.807, 2.05) is 51.1 Å². The minimum Gasteiger partial charge on any atom is -0.350 e. The van der Waals surface area contributed by atoms with Gasteiger partial charge in [-0.2, -0.15) is 0 Å². The van der Waals surface area contributed by atoms with Crippen molar-refractivity contribution in [1.82, 2.24) is 0 Å². The number of carbonyl (C=O) groups is 2. The summed E-state index contributed by atoms with van der Waals surface area (Å²) >= 11 is 0. The first-order chi connectivity index (χ1) is 14.3. The van der Waals surface area contributed by atoms with Crippen LogP contribution in [0.15, 0.2) is 72.4 Å². The Bertz CT molecular complexity index is 1180. The first kappa shape index (κ1) is 19.6. The molecule has 4 rings (SSSR count). The second-order valence-corrected chi connectivity index (χ2v) is 7.46. The fourth-order valence-corrected chi connectivity index (χ4v) is 3.42. The highest BCUT2D eigenvalue weighted by Crippen LogP contribution is 2.34. The van der Waals surface area contributed by atoms with E-state index in [0.29, 0.717) is 16.9 Å². The molecule has 2 amide bonds. The Morgan fingerprint density at radius 3 is 2.07 bits per heavy atom. The van der Waals surface area contributed by atoms with E-state index in [1.165, 1.54) is 24.3 Å². The lowest BCUT2D eigenvalue weighted by atomic mass is 10.0. The third kappa shape index (κ3) is 3.50. The molecule has 0 saturated carbocycles. The van der Waals surface area contributed by atoms with Gasteiger partial charge in [-0.3, -0.25) is 9.59 Å². The van der Waals surface area contributed by atoms with Gasteiger partial charge in [0.2, 0.25) is 0 Å². The molecule has 3 aromatic rings. The molecule has 0 spiro atoms. The van der Waals surface area contributed by atoms with Gasteiger partial charge in [0.05, 0.1) is 11.3 Å². The molecule has 0 fully saturated rings. The molecule has 0 bridgehead atoms. The van der Waals surface area contributed by atoms with Crippen molar-refractivity contribution < 1.29 is 14.0 Å². The van der Waals surface area contributed by atoms with Gasteiger partial charge in [-0.15, -0.1) is 0 Å². The Balaban J connectivity index is 1.82. The van der Waals surface area contributed by atoms with E-state index >= 15 is 0 Å². The second kappa shape index (κ2) is 7.59. The smallest absolute Gasteiger partial charge is 0.282 e. The highest BCUT2D eigenvalue weighted by Gasteiger charge is 2.40. The van der Waals surface area contributed by atoms with E-state index in [1.54, 1.807) is 12.1 Å². The van der Waals surface area contributed by atoms with Crippen molar-refractivity contribution in [2.75, 3.05) is 10.2 Å². The Kier molecular flexibility index (Phi) is 4.96. The third-order valence-electron chi connectivity index (χ3n) is 5.29.